The Balaban J connectivity index is 1.75. The molecule has 3 unspecified atom stereocenters. The first-order valence-electron chi connectivity index (χ1n) is 7.95. The fourth-order valence-electron chi connectivity index (χ4n) is 4.24. The van der Waals surface area contributed by atoms with Crippen LogP contribution < -0.4 is 5.32 Å². The smallest absolute Gasteiger partial charge is 0.0326 e. The molecule has 3 heteroatoms. The molecule has 0 radical (unpaired) electrons. The van der Waals surface area contributed by atoms with E-state index in [1.165, 1.54) is 35.7 Å². The molecule has 2 heterocycles. The van der Waals surface area contributed by atoms with Crippen molar-refractivity contribution in [3.63, 3.8) is 0 Å². The molecule has 20 heavy (non-hydrogen) atoms. The normalized spacial score (nSPS) is 31.4. The number of halogens is 1. The number of fused-ring (bicyclic) bond motifs is 2. The van der Waals surface area contributed by atoms with E-state index in [4.69, 9.17) is 0 Å². The lowest BCUT2D eigenvalue weighted by molar-refractivity contribution is 0.0775. The van der Waals surface area contributed by atoms with Gasteiger partial charge in [0.05, 0.1) is 0 Å². The molecule has 3 atom stereocenters. The third-order valence-electron chi connectivity index (χ3n) is 5.06. The van der Waals surface area contributed by atoms with Crippen molar-refractivity contribution in [2.75, 3.05) is 6.54 Å². The van der Waals surface area contributed by atoms with Crippen LogP contribution in [0, 0.1) is 0 Å². The largest absolute Gasteiger partial charge is 0.314 e. The molecular weight excluding hydrogens is 312 g/mol. The number of nitrogens with zero attached hydrogens (tertiary/aromatic N) is 1. The van der Waals surface area contributed by atoms with Gasteiger partial charge in [-0.3, -0.25) is 4.90 Å². The van der Waals surface area contributed by atoms with Crippen LogP contribution in [0.15, 0.2) is 28.7 Å². The zero-order valence-corrected chi connectivity index (χ0v) is 14.1. The van der Waals surface area contributed by atoms with Crippen LogP contribution in [0.2, 0.25) is 0 Å². The zero-order valence-electron chi connectivity index (χ0n) is 12.5. The van der Waals surface area contributed by atoms with Crippen molar-refractivity contribution in [2.24, 2.45) is 0 Å². The average Bonchev–Trinajstić information content (AvgIpc) is 2.70. The van der Waals surface area contributed by atoms with Gasteiger partial charge in [-0.05, 0) is 56.8 Å². The van der Waals surface area contributed by atoms with Gasteiger partial charge in [0.2, 0.25) is 0 Å². The molecule has 0 spiro atoms. The summed E-state index contributed by atoms with van der Waals surface area (Å²) in [6.07, 6.45) is 5.40. The maximum atomic E-state index is 3.66. The van der Waals surface area contributed by atoms with Gasteiger partial charge in [0.15, 0.2) is 0 Å². The molecule has 2 bridgehead atoms. The van der Waals surface area contributed by atoms with Crippen molar-refractivity contribution in [1.82, 2.24) is 10.2 Å². The summed E-state index contributed by atoms with van der Waals surface area (Å²) in [7, 11) is 0. The molecule has 2 fully saturated rings. The van der Waals surface area contributed by atoms with Gasteiger partial charge >= 0.3 is 0 Å². The van der Waals surface area contributed by atoms with E-state index in [1.54, 1.807) is 0 Å². The molecule has 2 saturated heterocycles. The average molecular weight is 337 g/mol. The zero-order chi connectivity index (χ0) is 14.1. The van der Waals surface area contributed by atoms with E-state index in [0.717, 1.165) is 24.7 Å². The summed E-state index contributed by atoms with van der Waals surface area (Å²) in [4.78, 5) is 2.79. The van der Waals surface area contributed by atoms with Gasteiger partial charge in [0.1, 0.15) is 0 Å². The van der Waals surface area contributed by atoms with Crippen LogP contribution in [0.3, 0.4) is 0 Å². The van der Waals surface area contributed by atoms with E-state index < -0.39 is 0 Å². The highest BCUT2D eigenvalue weighted by Crippen LogP contribution is 2.41. The van der Waals surface area contributed by atoms with Gasteiger partial charge in [-0.15, -0.1) is 0 Å². The Morgan fingerprint density at radius 2 is 2.00 bits per heavy atom. The minimum absolute atomic E-state index is 0.535. The van der Waals surface area contributed by atoms with Crippen LogP contribution in [-0.2, 0) is 0 Å². The first kappa shape index (κ1) is 14.6. The molecule has 110 valence electrons. The molecule has 1 aromatic rings. The van der Waals surface area contributed by atoms with Crippen molar-refractivity contribution in [3.8, 4) is 0 Å². The van der Waals surface area contributed by atoms with E-state index in [1.807, 2.05) is 0 Å². The van der Waals surface area contributed by atoms with E-state index >= 15 is 0 Å². The summed E-state index contributed by atoms with van der Waals surface area (Å²) in [5, 5.41) is 3.66. The molecule has 2 nitrogen and oxygen atoms in total. The van der Waals surface area contributed by atoms with Crippen molar-refractivity contribution in [1.29, 1.82) is 0 Å². The SMILES string of the molecule is CCNC1CC2CCC(C1)N2C(C)c1cccc(Br)c1. The highest BCUT2D eigenvalue weighted by atomic mass is 79.9. The second-order valence-corrected chi connectivity index (χ2v) is 7.20. The summed E-state index contributed by atoms with van der Waals surface area (Å²) in [6, 6.07) is 11.6. The standard InChI is InChI=1S/C17H25BrN2/c1-3-19-15-10-16-7-8-17(11-15)20(16)12(2)13-5-4-6-14(18)9-13/h4-6,9,12,15-17,19H,3,7-8,10-11H2,1-2H3. The fraction of sp³-hybridized carbons (Fsp3) is 0.647. The third kappa shape index (κ3) is 2.81. The minimum Gasteiger partial charge on any atom is -0.314 e. The minimum atomic E-state index is 0.535. The van der Waals surface area contributed by atoms with Crippen LogP contribution in [0.25, 0.3) is 0 Å². The maximum Gasteiger partial charge on any atom is 0.0326 e. The quantitative estimate of drug-likeness (QED) is 0.889. The van der Waals surface area contributed by atoms with Gasteiger partial charge < -0.3 is 5.32 Å². The maximum absolute atomic E-state index is 3.66. The summed E-state index contributed by atoms with van der Waals surface area (Å²) < 4.78 is 1.19. The molecule has 3 rings (SSSR count). The van der Waals surface area contributed by atoms with Gasteiger partial charge in [-0.2, -0.15) is 0 Å². The first-order chi connectivity index (χ1) is 9.69. The van der Waals surface area contributed by atoms with Crippen LogP contribution >= 0.6 is 15.9 Å². The summed E-state index contributed by atoms with van der Waals surface area (Å²) in [5.74, 6) is 0. The predicted octanol–water partition coefficient (Wildman–Crippen LogP) is 4.12. The van der Waals surface area contributed by atoms with Crippen LogP contribution in [0.4, 0.5) is 0 Å². The van der Waals surface area contributed by atoms with Gasteiger partial charge in [0, 0.05) is 28.6 Å². The molecule has 2 aliphatic rings. The van der Waals surface area contributed by atoms with E-state index in [0.29, 0.717) is 6.04 Å². The number of piperidine rings is 1. The Morgan fingerprint density at radius 1 is 1.30 bits per heavy atom. The Hall–Kier alpha value is -0.380. The van der Waals surface area contributed by atoms with Crippen molar-refractivity contribution in [2.45, 2.75) is 63.7 Å². The second kappa shape index (κ2) is 6.17. The Labute approximate surface area is 131 Å². The molecule has 0 aromatic heterocycles. The molecule has 1 aromatic carbocycles. The number of hydrogen-bond acceptors (Lipinski definition) is 2. The lowest BCUT2D eigenvalue weighted by Crippen LogP contribution is -2.49. The van der Waals surface area contributed by atoms with Gasteiger partial charge in [0.25, 0.3) is 0 Å². The number of benzene rings is 1. The fourth-order valence-corrected chi connectivity index (χ4v) is 4.66. The third-order valence-corrected chi connectivity index (χ3v) is 5.55. The topological polar surface area (TPSA) is 15.3 Å². The molecule has 0 aliphatic carbocycles. The monoisotopic (exact) mass is 336 g/mol. The van der Waals surface area contributed by atoms with Crippen LogP contribution in [-0.4, -0.2) is 29.6 Å². The van der Waals surface area contributed by atoms with Crippen molar-refractivity contribution >= 4 is 15.9 Å². The molecule has 1 N–H and O–H groups in total. The van der Waals surface area contributed by atoms with E-state index in [2.05, 4.69) is 64.3 Å². The number of hydrogen-bond donors (Lipinski definition) is 1. The summed E-state index contributed by atoms with van der Waals surface area (Å²) >= 11 is 3.60. The highest BCUT2D eigenvalue weighted by molar-refractivity contribution is 9.10. The second-order valence-electron chi connectivity index (χ2n) is 6.29. The Bertz CT molecular complexity index is 448. The van der Waals surface area contributed by atoms with E-state index in [9.17, 15) is 0 Å². The van der Waals surface area contributed by atoms with Crippen LogP contribution in [0.5, 0.6) is 0 Å². The lowest BCUT2D eigenvalue weighted by Gasteiger charge is -2.43. The number of rotatable bonds is 4. The molecule has 2 aliphatic heterocycles. The predicted molar refractivity (Wildman–Crippen MR) is 87.9 cm³/mol. The van der Waals surface area contributed by atoms with E-state index in [-0.39, 0.29) is 0 Å². The molecular formula is C17H25BrN2. The van der Waals surface area contributed by atoms with Crippen molar-refractivity contribution < 1.29 is 0 Å². The summed E-state index contributed by atoms with van der Waals surface area (Å²) in [5.41, 5.74) is 1.44. The van der Waals surface area contributed by atoms with Gasteiger partial charge in [-0.1, -0.05) is 35.0 Å². The highest BCUT2D eigenvalue weighted by Gasteiger charge is 2.42. The first-order valence-corrected chi connectivity index (χ1v) is 8.74. The van der Waals surface area contributed by atoms with Crippen LogP contribution in [0.1, 0.15) is 51.1 Å². The molecule has 0 saturated carbocycles. The van der Waals surface area contributed by atoms with Gasteiger partial charge in [-0.25, -0.2) is 0 Å². The summed E-state index contributed by atoms with van der Waals surface area (Å²) in [6.45, 7) is 5.70. The lowest BCUT2D eigenvalue weighted by atomic mass is 9.93. The Kier molecular flexibility index (Phi) is 4.49. The number of nitrogens with one attached hydrogen (secondary N) is 1. The van der Waals surface area contributed by atoms with Crippen molar-refractivity contribution in [3.05, 3.63) is 34.3 Å². The Morgan fingerprint density at radius 3 is 2.60 bits per heavy atom. The molecule has 0 amide bonds.